The van der Waals surface area contributed by atoms with E-state index in [1.54, 1.807) is 0 Å². The van der Waals surface area contributed by atoms with E-state index in [2.05, 4.69) is 200 Å². The molecule has 0 fully saturated rings. The average Bonchev–Trinajstić information content (AvgIpc) is 3.88. The topological polar surface area (TPSA) is 38.9 Å². The minimum Gasteiger partial charge on any atom is -0.456 e. The zero-order valence-electron chi connectivity index (χ0n) is 33.7. The maximum atomic E-state index is 6.15. The molecule has 0 N–H and O–H groups in total. The second-order valence-corrected chi connectivity index (χ2v) is 16.1. The molecule has 0 aliphatic heterocycles. The number of aromatic nitrogens is 2. The summed E-state index contributed by atoms with van der Waals surface area (Å²) in [7, 11) is 0. The van der Waals surface area contributed by atoms with Gasteiger partial charge in [0.15, 0.2) is 5.82 Å². The molecule has 11 aromatic rings. The molecule has 1 aliphatic rings. The van der Waals surface area contributed by atoms with Gasteiger partial charge in [-0.25, -0.2) is 9.97 Å². The van der Waals surface area contributed by atoms with E-state index < -0.39 is 5.41 Å². The van der Waals surface area contributed by atoms with Gasteiger partial charge >= 0.3 is 0 Å². The van der Waals surface area contributed by atoms with Crippen LogP contribution in [0.3, 0.4) is 0 Å². The van der Waals surface area contributed by atoms with Crippen LogP contribution in [-0.2, 0) is 5.41 Å². The fourth-order valence-corrected chi connectivity index (χ4v) is 9.81. The Morgan fingerprint density at radius 2 is 0.790 bits per heavy atom. The van der Waals surface area contributed by atoms with Crippen molar-refractivity contribution in [3.05, 3.63) is 253 Å². The number of hydrogen-bond donors (Lipinski definition) is 0. The van der Waals surface area contributed by atoms with E-state index in [0.29, 0.717) is 5.82 Å². The minimum atomic E-state index is -0.524. The van der Waals surface area contributed by atoms with Crippen LogP contribution in [0.4, 0.5) is 0 Å². The van der Waals surface area contributed by atoms with Crippen molar-refractivity contribution >= 4 is 21.9 Å². The molecule has 0 atom stereocenters. The fourth-order valence-electron chi connectivity index (χ4n) is 9.81. The quantitative estimate of drug-likeness (QED) is 0.161. The summed E-state index contributed by atoms with van der Waals surface area (Å²) in [6.07, 6.45) is 0. The highest BCUT2D eigenvalue weighted by Crippen LogP contribution is 2.57. The first kappa shape index (κ1) is 35.8. The summed E-state index contributed by atoms with van der Waals surface area (Å²) in [6, 6.07) is 82.4. The SMILES string of the molecule is c1ccc(-c2nc(-c3cccc(-c4ccc5oc6ccccc6c5c4)c3)cc(-c3cccc(-c4ccccc4C4(c5ccccc5)c5ccccc5-c5ccccc54)c3)n2)cc1. The molecule has 0 spiro atoms. The van der Waals surface area contributed by atoms with Crippen LogP contribution in [0, 0.1) is 0 Å². The van der Waals surface area contributed by atoms with Crippen LogP contribution >= 0.6 is 0 Å². The smallest absolute Gasteiger partial charge is 0.160 e. The first-order chi connectivity index (χ1) is 30.7. The molecule has 3 heteroatoms. The molecule has 9 aromatic carbocycles. The molecule has 0 saturated carbocycles. The van der Waals surface area contributed by atoms with E-state index in [0.717, 1.165) is 66.7 Å². The normalized spacial score (nSPS) is 12.6. The Kier molecular flexibility index (Phi) is 8.39. The predicted octanol–water partition coefficient (Wildman–Crippen LogP) is 15.1. The predicted molar refractivity (Wildman–Crippen MR) is 254 cm³/mol. The van der Waals surface area contributed by atoms with E-state index in [1.807, 2.05) is 30.3 Å². The fraction of sp³-hybridized carbons (Fsp3) is 0.0169. The monoisotopic (exact) mass is 790 g/mol. The summed E-state index contributed by atoms with van der Waals surface area (Å²) in [4.78, 5) is 10.5. The van der Waals surface area contributed by atoms with Crippen molar-refractivity contribution in [1.82, 2.24) is 9.97 Å². The maximum Gasteiger partial charge on any atom is 0.160 e. The van der Waals surface area contributed by atoms with Crippen molar-refractivity contribution in [1.29, 1.82) is 0 Å². The van der Waals surface area contributed by atoms with Gasteiger partial charge in [-0.05, 0) is 92.0 Å². The first-order valence-electron chi connectivity index (χ1n) is 21.1. The summed E-state index contributed by atoms with van der Waals surface area (Å²) >= 11 is 0. The van der Waals surface area contributed by atoms with Crippen LogP contribution in [0.1, 0.15) is 22.3 Å². The van der Waals surface area contributed by atoms with Crippen molar-refractivity contribution in [3.63, 3.8) is 0 Å². The van der Waals surface area contributed by atoms with Gasteiger partial charge in [0.05, 0.1) is 16.8 Å². The Labute approximate surface area is 360 Å². The summed E-state index contributed by atoms with van der Waals surface area (Å²) in [5, 5.41) is 2.23. The molecule has 0 bridgehead atoms. The molecule has 0 radical (unpaired) electrons. The van der Waals surface area contributed by atoms with Crippen LogP contribution in [0.25, 0.3) is 89.2 Å². The molecule has 12 rings (SSSR count). The molecule has 2 heterocycles. The minimum absolute atomic E-state index is 0.524. The third-order valence-corrected chi connectivity index (χ3v) is 12.6. The van der Waals surface area contributed by atoms with Crippen molar-refractivity contribution in [2.75, 3.05) is 0 Å². The van der Waals surface area contributed by atoms with Gasteiger partial charge in [0.1, 0.15) is 11.2 Å². The number of para-hydroxylation sites is 1. The summed E-state index contributed by atoms with van der Waals surface area (Å²) in [6.45, 7) is 0. The van der Waals surface area contributed by atoms with Gasteiger partial charge in [-0.3, -0.25) is 0 Å². The number of hydrogen-bond acceptors (Lipinski definition) is 3. The highest BCUT2D eigenvalue weighted by Gasteiger charge is 2.46. The standard InChI is InChI=1S/C59H38N2O/c1-3-17-39(18-4-1)58-60-54(43-21-15-19-40(35-43)41-33-34-57-50(37-41)49-28-10-14-32-56(49)62-57)38-55(61-58)44-22-16-20-42(36-44)46-25-7-11-29-51(46)59(45-23-5-2-6-24-45)52-30-12-8-26-47(52)48-27-9-13-31-53(48)59/h1-38H. The Balaban J connectivity index is 1.01. The lowest BCUT2D eigenvalue weighted by atomic mass is 9.66. The van der Waals surface area contributed by atoms with Crippen LogP contribution < -0.4 is 0 Å². The van der Waals surface area contributed by atoms with Crippen LogP contribution in [0.5, 0.6) is 0 Å². The van der Waals surface area contributed by atoms with Gasteiger partial charge in [-0.15, -0.1) is 0 Å². The van der Waals surface area contributed by atoms with Gasteiger partial charge in [0.25, 0.3) is 0 Å². The van der Waals surface area contributed by atoms with Crippen molar-refractivity contribution in [3.8, 4) is 67.3 Å². The molecular formula is C59H38N2O. The van der Waals surface area contributed by atoms with E-state index >= 15 is 0 Å². The second kappa shape index (κ2) is 14.5. The van der Waals surface area contributed by atoms with Gasteiger partial charge in [-0.2, -0.15) is 0 Å². The van der Waals surface area contributed by atoms with E-state index in [4.69, 9.17) is 14.4 Å². The van der Waals surface area contributed by atoms with E-state index in [9.17, 15) is 0 Å². The van der Waals surface area contributed by atoms with Crippen LogP contribution in [0.15, 0.2) is 235 Å². The summed E-state index contributed by atoms with van der Waals surface area (Å²) in [5.74, 6) is 0.683. The number of furan rings is 1. The zero-order chi connectivity index (χ0) is 41.0. The molecule has 0 amide bonds. The molecule has 0 unspecified atom stereocenters. The molecule has 1 aliphatic carbocycles. The first-order valence-corrected chi connectivity index (χ1v) is 21.1. The lowest BCUT2D eigenvalue weighted by Gasteiger charge is -2.35. The molecule has 62 heavy (non-hydrogen) atoms. The second-order valence-electron chi connectivity index (χ2n) is 16.1. The molecule has 3 nitrogen and oxygen atoms in total. The van der Waals surface area contributed by atoms with E-state index in [1.165, 1.54) is 38.9 Å². The third-order valence-electron chi connectivity index (χ3n) is 12.6. The van der Waals surface area contributed by atoms with Crippen LogP contribution in [-0.4, -0.2) is 9.97 Å². The maximum absolute atomic E-state index is 6.15. The van der Waals surface area contributed by atoms with Crippen molar-refractivity contribution in [2.45, 2.75) is 5.41 Å². The zero-order valence-corrected chi connectivity index (χ0v) is 33.7. The van der Waals surface area contributed by atoms with Crippen molar-refractivity contribution < 1.29 is 4.42 Å². The van der Waals surface area contributed by atoms with Gasteiger partial charge in [0, 0.05) is 27.5 Å². The molecular weight excluding hydrogens is 753 g/mol. The molecule has 2 aromatic heterocycles. The summed E-state index contributed by atoms with van der Waals surface area (Å²) < 4.78 is 6.15. The van der Waals surface area contributed by atoms with Gasteiger partial charge in [0.2, 0.25) is 0 Å². The van der Waals surface area contributed by atoms with E-state index in [-0.39, 0.29) is 0 Å². The van der Waals surface area contributed by atoms with Crippen LogP contribution in [0.2, 0.25) is 0 Å². The summed E-state index contributed by atoms with van der Waals surface area (Å²) in [5.41, 5.74) is 18.1. The number of nitrogens with zero attached hydrogens (tertiary/aromatic N) is 2. The Morgan fingerprint density at radius 1 is 0.306 bits per heavy atom. The Morgan fingerprint density at radius 3 is 1.48 bits per heavy atom. The molecule has 290 valence electrons. The largest absolute Gasteiger partial charge is 0.456 e. The Hall–Kier alpha value is -8.14. The number of rotatable bonds is 7. The number of fused-ring (bicyclic) bond motifs is 6. The highest BCUT2D eigenvalue weighted by molar-refractivity contribution is 6.06. The lowest BCUT2D eigenvalue weighted by Crippen LogP contribution is -2.29. The lowest BCUT2D eigenvalue weighted by molar-refractivity contribution is 0.669. The average molecular weight is 791 g/mol. The number of benzene rings is 9. The van der Waals surface area contributed by atoms with Gasteiger partial charge < -0.3 is 4.42 Å². The highest BCUT2D eigenvalue weighted by atomic mass is 16.3. The van der Waals surface area contributed by atoms with Gasteiger partial charge in [-0.1, -0.05) is 194 Å². The third kappa shape index (κ3) is 5.74. The molecule has 0 saturated heterocycles. The van der Waals surface area contributed by atoms with Crippen molar-refractivity contribution in [2.24, 2.45) is 0 Å². The Bertz CT molecular complexity index is 3430.